The molecule has 0 bridgehead atoms. The van der Waals surface area contributed by atoms with E-state index in [0.29, 0.717) is 16.8 Å². The monoisotopic (exact) mass is 683 g/mol. The topological polar surface area (TPSA) is 3.24 Å². The van der Waals surface area contributed by atoms with E-state index in [9.17, 15) is 8.22 Å². The fourth-order valence-electron chi connectivity index (χ4n) is 6.75. The molecule has 250 valence electrons. The van der Waals surface area contributed by atoms with Crippen LogP contribution in [0.25, 0.3) is 66.4 Å². The smallest absolute Gasteiger partial charge is 0.0651 e. The normalized spacial score (nSPS) is 13.1. The minimum Gasteiger partial charge on any atom is -0.310 e. The van der Waals surface area contributed by atoms with Crippen LogP contribution in [0.4, 0.5) is 17.1 Å². The Balaban J connectivity index is 1.28. The van der Waals surface area contributed by atoms with Crippen LogP contribution in [0.15, 0.2) is 224 Å². The largest absolute Gasteiger partial charge is 0.310 e. The molecule has 1 nitrogen and oxygen atoms in total. The lowest BCUT2D eigenvalue weighted by Gasteiger charge is -2.26. The minimum atomic E-state index is -0.449. The van der Waals surface area contributed by atoms with Gasteiger partial charge in [-0.05, 0) is 121 Å². The van der Waals surface area contributed by atoms with Gasteiger partial charge in [0.1, 0.15) is 0 Å². The molecule has 0 heterocycles. The number of fused-ring (bicyclic) bond motifs is 1. The standard InChI is InChI=1S/C52H37N/c1-4-14-38(15-5-1)41-26-30-48(31-27-41)53(50-23-12-22-44(37-50)52-25-13-21-43-20-10-11-24-51(43)52)49-32-28-42(29-33-49)47-35-45(39-16-6-2-7-17-39)34-46(36-47)40-18-8-3-9-19-40/h1-37H/i12D,22D,23D,26D,27D,30D,31D,37D. The van der Waals surface area contributed by atoms with E-state index in [4.69, 9.17) is 2.74 Å². The summed E-state index contributed by atoms with van der Waals surface area (Å²) in [6.45, 7) is 0. The molecule has 0 unspecified atom stereocenters. The quantitative estimate of drug-likeness (QED) is 0.154. The molecule has 0 spiro atoms. The van der Waals surface area contributed by atoms with Crippen LogP contribution in [0.1, 0.15) is 11.0 Å². The van der Waals surface area contributed by atoms with Gasteiger partial charge in [0.2, 0.25) is 0 Å². The van der Waals surface area contributed by atoms with Crippen molar-refractivity contribution in [2.45, 2.75) is 0 Å². The average Bonchev–Trinajstić information content (AvgIpc) is 3.31. The van der Waals surface area contributed by atoms with E-state index in [0.717, 1.165) is 44.2 Å². The van der Waals surface area contributed by atoms with Crippen LogP contribution < -0.4 is 4.90 Å². The summed E-state index contributed by atoms with van der Waals surface area (Å²) in [7, 11) is 0. The summed E-state index contributed by atoms with van der Waals surface area (Å²) in [5, 5.41) is 1.63. The first kappa shape index (κ1) is 24.3. The molecule has 0 aliphatic carbocycles. The first-order chi connectivity index (χ1) is 29.6. The molecule has 0 radical (unpaired) electrons. The molecular formula is C52H37N. The highest BCUT2D eigenvalue weighted by atomic mass is 15.1. The van der Waals surface area contributed by atoms with Gasteiger partial charge in [-0.15, -0.1) is 0 Å². The van der Waals surface area contributed by atoms with Gasteiger partial charge in [-0.25, -0.2) is 0 Å². The zero-order chi connectivity index (χ0) is 42.4. The predicted octanol–water partition coefficient (Wildman–Crippen LogP) is 14.6. The lowest BCUT2D eigenvalue weighted by Crippen LogP contribution is -2.10. The Morgan fingerprint density at radius 1 is 0.321 bits per heavy atom. The number of nitrogens with zero attached hydrogens (tertiary/aromatic N) is 1. The Morgan fingerprint density at radius 3 is 1.43 bits per heavy atom. The van der Waals surface area contributed by atoms with Gasteiger partial charge in [-0.2, -0.15) is 0 Å². The lowest BCUT2D eigenvalue weighted by molar-refractivity contribution is 1.28. The molecule has 0 fully saturated rings. The van der Waals surface area contributed by atoms with Gasteiger partial charge in [0.05, 0.1) is 11.0 Å². The second-order valence-electron chi connectivity index (χ2n) is 12.8. The maximum Gasteiger partial charge on any atom is 0.0651 e. The van der Waals surface area contributed by atoms with Gasteiger partial charge in [-0.1, -0.05) is 170 Å². The lowest BCUT2D eigenvalue weighted by atomic mass is 9.93. The Morgan fingerprint density at radius 2 is 0.830 bits per heavy atom. The van der Waals surface area contributed by atoms with Crippen molar-refractivity contribution in [3.8, 4) is 55.6 Å². The van der Waals surface area contributed by atoms with Gasteiger partial charge < -0.3 is 4.90 Å². The summed E-state index contributed by atoms with van der Waals surface area (Å²) < 4.78 is 74.8. The summed E-state index contributed by atoms with van der Waals surface area (Å²) in [5.41, 5.74) is 7.29. The maximum absolute atomic E-state index is 9.80. The van der Waals surface area contributed by atoms with Crippen LogP contribution in [0.3, 0.4) is 0 Å². The fourth-order valence-corrected chi connectivity index (χ4v) is 6.75. The second-order valence-corrected chi connectivity index (χ2v) is 12.8. The van der Waals surface area contributed by atoms with Crippen molar-refractivity contribution < 1.29 is 11.0 Å². The molecule has 9 aromatic carbocycles. The zero-order valence-electron chi connectivity index (χ0n) is 36.7. The molecular weight excluding hydrogens is 639 g/mol. The minimum absolute atomic E-state index is 0.122. The summed E-state index contributed by atoms with van der Waals surface area (Å²) >= 11 is 0. The van der Waals surface area contributed by atoms with Crippen LogP contribution in [-0.4, -0.2) is 0 Å². The molecule has 0 aliphatic heterocycles. The van der Waals surface area contributed by atoms with Gasteiger partial charge in [0.25, 0.3) is 0 Å². The van der Waals surface area contributed by atoms with E-state index < -0.39 is 12.1 Å². The molecule has 1 heteroatoms. The molecule has 0 amide bonds. The van der Waals surface area contributed by atoms with Crippen molar-refractivity contribution >= 4 is 27.8 Å². The highest BCUT2D eigenvalue weighted by Crippen LogP contribution is 2.40. The summed E-state index contributed by atoms with van der Waals surface area (Å²) in [5.74, 6) is 0. The SMILES string of the molecule is [2H]c1c([2H])c(-c2cccc3ccccc23)c([2H])c(N(c2ccc(-c3cc(-c4ccccc4)cc(-c4ccccc4)c3)cc2)c2c([2H])c([2H])c(-c3ccccc3)c([2H])c2[2H])c1[2H]. The first-order valence-electron chi connectivity index (χ1n) is 21.5. The Hall–Kier alpha value is -6.96. The van der Waals surface area contributed by atoms with Gasteiger partial charge in [0, 0.05) is 17.1 Å². The third-order valence-electron chi connectivity index (χ3n) is 9.40. The summed E-state index contributed by atoms with van der Waals surface area (Å²) in [4.78, 5) is 1.39. The van der Waals surface area contributed by atoms with Crippen molar-refractivity contribution in [1.82, 2.24) is 0 Å². The molecule has 0 atom stereocenters. The fraction of sp³-hybridized carbons (Fsp3) is 0. The highest BCUT2D eigenvalue weighted by Gasteiger charge is 2.16. The summed E-state index contributed by atoms with van der Waals surface area (Å²) in [6, 6.07) is 53.2. The van der Waals surface area contributed by atoms with E-state index in [1.807, 2.05) is 91.0 Å². The molecule has 0 aliphatic rings. The molecule has 0 aromatic heterocycles. The number of hydrogen-bond acceptors (Lipinski definition) is 1. The molecule has 0 saturated carbocycles. The van der Waals surface area contributed by atoms with Gasteiger partial charge in [0.15, 0.2) is 0 Å². The van der Waals surface area contributed by atoms with Crippen LogP contribution >= 0.6 is 0 Å². The Bertz CT molecular complexity index is 3010. The molecule has 9 aromatic rings. The van der Waals surface area contributed by atoms with E-state index in [-0.39, 0.29) is 58.8 Å². The van der Waals surface area contributed by atoms with Gasteiger partial charge in [-0.3, -0.25) is 0 Å². The van der Waals surface area contributed by atoms with Crippen molar-refractivity contribution in [1.29, 1.82) is 0 Å². The van der Waals surface area contributed by atoms with Crippen molar-refractivity contribution in [2.75, 3.05) is 4.90 Å². The van der Waals surface area contributed by atoms with Gasteiger partial charge >= 0.3 is 0 Å². The van der Waals surface area contributed by atoms with E-state index in [1.54, 1.807) is 42.5 Å². The van der Waals surface area contributed by atoms with Crippen molar-refractivity contribution in [2.24, 2.45) is 0 Å². The predicted molar refractivity (Wildman–Crippen MR) is 226 cm³/mol. The van der Waals surface area contributed by atoms with E-state index in [2.05, 4.69) is 42.5 Å². The van der Waals surface area contributed by atoms with E-state index in [1.165, 1.54) is 4.90 Å². The number of anilines is 3. The third-order valence-corrected chi connectivity index (χ3v) is 9.40. The third kappa shape index (κ3) is 6.65. The maximum atomic E-state index is 9.80. The Kier molecular flexibility index (Phi) is 6.57. The van der Waals surface area contributed by atoms with Crippen molar-refractivity contribution in [3.05, 3.63) is 224 Å². The summed E-state index contributed by atoms with van der Waals surface area (Å²) in [6.07, 6.45) is 0. The van der Waals surface area contributed by atoms with Crippen molar-refractivity contribution in [3.63, 3.8) is 0 Å². The van der Waals surface area contributed by atoms with Crippen LogP contribution in [0, 0.1) is 0 Å². The van der Waals surface area contributed by atoms with Crippen LogP contribution in [-0.2, 0) is 0 Å². The van der Waals surface area contributed by atoms with Crippen LogP contribution in [0.5, 0.6) is 0 Å². The number of hydrogen-bond donors (Lipinski definition) is 0. The molecule has 9 rings (SSSR count). The highest BCUT2D eigenvalue weighted by molar-refractivity contribution is 5.97. The Labute approximate surface area is 323 Å². The number of rotatable bonds is 8. The number of benzene rings is 9. The van der Waals surface area contributed by atoms with Crippen LogP contribution in [0.2, 0.25) is 0 Å². The molecule has 0 saturated heterocycles. The molecule has 0 N–H and O–H groups in total. The average molecular weight is 684 g/mol. The van der Waals surface area contributed by atoms with E-state index >= 15 is 0 Å². The second kappa shape index (κ2) is 14.3. The molecule has 53 heavy (non-hydrogen) atoms. The first-order valence-corrected chi connectivity index (χ1v) is 17.5. The zero-order valence-corrected chi connectivity index (χ0v) is 28.7.